The molecule has 0 aliphatic rings. The Bertz CT molecular complexity index is 2290. The predicted molar refractivity (Wildman–Crippen MR) is 162 cm³/mol. The van der Waals surface area contributed by atoms with Crippen LogP contribution in [0.15, 0.2) is 136 Å². The number of nitrogens with zero attached hydrogens (tertiary/aromatic N) is 1. The van der Waals surface area contributed by atoms with Crippen molar-refractivity contribution in [3.05, 3.63) is 133 Å². The van der Waals surface area contributed by atoms with Crippen molar-refractivity contribution in [1.82, 2.24) is 0 Å². The van der Waals surface area contributed by atoms with Crippen LogP contribution in [0.5, 0.6) is 0 Å². The van der Waals surface area contributed by atoms with Crippen molar-refractivity contribution >= 4 is 43.9 Å². The maximum Gasteiger partial charge on any atom is 0.136 e. The van der Waals surface area contributed by atoms with E-state index in [2.05, 4.69) is 66.7 Å². The Morgan fingerprint density at radius 3 is 1.88 bits per heavy atom. The molecule has 0 radical (unpaired) electrons. The third kappa shape index (κ3) is 3.51. The lowest BCUT2D eigenvalue weighted by molar-refractivity contribution is 0.668. The first-order valence-electron chi connectivity index (χ1n) is 13.2. The Kier molecular flexibility index (Phi) is 4.89. The van der Waals surface area contributed by atoms with Gasteiger partial charge in [-0.15, -0.1) is 0 Å². The molecule has 3 nitrogen and oxygen atoms in total. The van der Waals surface area contributed by atoms with Gasteiger partial charge in [-0.25, -0.2) is 0 Å². The fourth-order valence-corrected chi connectivity index (χ4v) is 5.81. The Morgan fingerprint density at radius 1 is 0.425 bits per heavy atom. The number of para-hydroxylation sites is 2. The fraction of sp³-hybridized carbons (Fsp3) is 0. The van der Waals surface area contributed by atoms with Crippen molar-refractivity contribution in [3.63, 3.8) is 0 Å². The molecule has 3 heteroatoms. The fourth-order valence-electron chi connectivity index (χ4n) is 5.81. The van der Waals surface area contributed by atoms with Gasteiger partial charge in [-0.3, -0.25) is 0 Å². The number of hydrogen-bond acceptors (Lipinski definition) is 3. The van der Waals surface area contributed by atoms with Gasteiger partial charge in [-0.05, 0) is 94.0 Å². The summed E-state index contributed by atoms with van der Waals surface area (Å²) in [6.45, 7) is 0. The first-order chi connectivity index (χ1) is 19.7. The van der Waals surface area contributed by atoms with Crippen LogP contribution in [-0.2, 0) is 0 Å². The second kappa shape index (κ2) is 8.73. The van der Waals surface area contributed by atoms with Crippen molar-refractivity contribution < 1.29 is 8.83 Å². The van der Waals surface area contributed by atoms with Crippen molar-refractivity contribution in [2.24, 2.45) is 0 Å². The maximum atomic E-state index is 9.57. The van der Waals surface area contributed by atoms with Gasteiger partial charge in [-0.2, -0.15) is 5.26 Å². The van der Waals surface area contributed by atoms with E-state index in [9.17, 15) is 5.26 Å². The molecule has 186 valence electrons. The van der Waals surface area contributed by atoms with E-state index in [4.69, 9.17) is 8.83 Å². The molecule has 0 amide bonds. The van der Waals surface area contributed by atoms with Crippen molar-refractivity contribution in [3.8, 4) is 39.4 Å². The minimum absolute atomic E-state index is 0.638. The van der Waals surface area contributed by atoms with Gasteiger partial charge < -0.3 is 8.83 Å². The molecular formula is C37H21NO2. The monoisotopic (exact) mass is 511 g/mol. The highest BCUT2D eigenvalue weighted by molar-refractivity contribution is 6.13. The van der Waals surface area contributed by atoms with Crippen LogP contribution in [0.1, 0.15) is 5.56 Å². The summed E-state index contributed by atoms with van der Waals surface area (Å²) < 4.78 is 12.3. The number of hydrogen-bond donors (Lipinski definition) is 0. The first-order valence-corrected chi connectivity index (χ1v) is 13.2. The lowest BCUT2D eigenvalue weighted by atomic mass is 9.91. The molecule has 0 spiro atoms. The van der Waals surface area contributed by atoms with Gasteiger partial charge >= 0.3 is 0 Å². The van der Waals surface area contributed by atoms with E-state index in [1.54, 1.807) is 0 Å². The number of fused-ring (bicyclic) bond motifs is 6. The van der Waals surface area contributed by atoms with E-state index < -0.39 is 0 Å². The molecule has 2 heterocycles. The van der Waals surface area contributed by atoms with Crippen molar-refractivity contribution in [2.45, 2.75) is 0 Å². The van der Waals surface area contributed by atoms with E-state index in [0.29, 0.717) is 5.56 Å². The Morgan fingerprint density at radius 2 is 1.05 bits per heavy atom. The predicted octanol–water partition coefficient (Wildman–Crippen LogP) is 10.4. The zero-order valence-corrected chi connectivity index (χ0v) is 21.4. The minimum Gasteiger partial charge on any atom is -0.456 e. The highest BCUT2D eigenvalue weighted by Gasteiger charge is 2.15. The molecule has 0 saturated carbocycles. The molecule has 0 N–H and O–H groups in total. The third-order valence-electron chi connectivity index (χ3n) is 7.68. The quantitative estimate of drug-likeness (QED) is 0.237. The van der Waals surface area contributed by atoms with Crippen LogP contribution < -0.4 is 0 Å². The summed E-state index contributed by atoms with van der Waals surface area (Å²) in [4.78, 5) is 0. The molecular weight excluding hydrogens is 490 g/mol. The van der Waals surface area contributed by atoms with E-state index in [0.717, 1.165) is 77.3 Å². The molecule has 0 bridgehead atoms. The van der Waals surface area contributed by atoms with Crippen LogP contribution >= 0.6 is 0 Å². The summed E-state index contributed by atoms with van der Waals surface area (Å²) in [6.07, 6.45) is 0. The zero-order valence-electron chi connectivity index (χ0n) is 21.4. The topological polar surface area (TPSA) is 50.1 Å². The van der Waals surface area contributed by atoms with Crippen molar-refractivity contribution in [2.75, 3.05) is 0 Å². The lowest BCUT2D eigenvalue weighted by Gasteiger charge is -2.12. The number of rotatable bonds is 3. The Balaban J connectivity index is 1.41. The average molecular weight is 512 g/mol. The van der Waals surface area contributed by atoms with Crippen LogP contribution in [-0.4, -0.2) is 0 Å². The van der Waals surface area contributed by atoms with Crippen LogP contribution in [0.3, 0.4) is 0 Å². The van der Waals surface area contributed by atoms with E-state index >= 15 is 0 Å². The normalized spacial score (nSPS) is 11.5. The van der Waals surface area contributed by atoms with Gasteiger partial charge in [0.1, 0.15) is 22.3 Å². The van der Waals surface area contributed by atoms with E-state index in [1.165, 1.54) is 0 Å². The van der Waals surface area contributed by atoms with E-state index in [1.807, 2.05) is 66.7 Å². The average Bonchev–Trinajstić information content (AvgIpc) is 3.59. The SMILES string of the molecule is N#Cc1cccc(-c2cc(-c3ccc4oc5ccccc5c4c3)cc(-c3cccc4oc5ccccc5c34)c2)c1. The Labute approximate surface area is 230 Å². The highest BCUT2D eigenvalue weighted by Crippen LogP contribution is 2.40. The standard InChI is InChI=1S/C37H21NO2/c38-22-23-7-5-8-24(17-23)26-18-27(25-15-16-35-32(21-25)30-9-1-3-12-33(30)39-35)20-28(19-26)29-11-6-14-36-37(29)31-10-2-4-13-34(31)40-36/h1-21H. The molecule has 0 aliphatic carbocycles. The van der Waals surface area contributed by atoms with Gasteiger partial charge in [0.05, 0.1) is 11.6 Å². The van der Waals surface area contributed by atoms with Crippen molar-refractivity contribution in [1.29, 1.82) is 5.26 Å². The van der Waals surface area contributed by atoms with Gasteiger partial charge in [-0.1, -0.05) is 66.7 Å². The molecule has 0 atom stereocenters. The summed E-state index contributed by atoms with van der Waals surface area (Å²) in [7, 11) is 0. The summed E-state index contributed by atoms with van der Waals surface area (Å²) >= 11 is 0. The van der Waals surface area contributed by atoms with Crippen LogP contribution in [0, 0.1) is 11.3 Å². The third-order valence-corrected chi connectivity index (χ3v) is 7.68. The van der Waals surface area contributed by atoms with E-state index in [-0.39, 0.29) is 0 Å². The lowest BCUT2D eigenvalue weighted by Crippen LogP contribution is -1.88. The number of benzene rings is 6. The molecule has 0 unspecified atom stereocenters. The molecule has 0 aliphatic heterocycles. The summed E-state index contributed by atoms with van der Waals surface area (Å²) in [6, 6.07) is 45.7. The summed E-state index contributed by atoms with van der Waals surface area (Å²) in [5.41, 5.74) is 10.6. The molecule has 6 aromatic carbocycles. The van der Waals surface area contributed by atoms with Gasteiger partial charge in [0.15, 0.2) is 0 Å². The number of furan rings is 2. The molecule has 0 saturated heterocycles. The highest BCUT2D eigenvalue weighted by atomic mass is 16.3. The van der Waals surface area contributed by atoms with Crippen LogP contribution in [0.4, 0.5) is 0 Å². The zero-order chi connectivity index (χ0) is 26.6. The smallest absolute Gasteiger partial charge is 0.136 e. The molecule has 40 heavy (non-hydrogen) atoms. The summed E-state index contributed by atoms with van der Waals surface area (Å²) in [5.74, 6) is 0. The maximum absolute atomic E-state index is 9.57. The Hall–Kier alpha value is -5.59. The van der Waals surface area contributed by atoms with Gasteiger partial charge in [0.25, 0.3) is 0 Å². The van der Waals surface area contributed by atoms with Gasteiger partial charge in [0.2, 0.25) is 0 Å². The second-order valence-electron chi connectivity index (χ2n) is 10.1. The van der Waals surface area contributed by atoms with Crippen LogP contribution in [0.2, 0.25) is 0 Å². The minimum atomic E-state index is 0.638. The molecule has 8 aromatic rings. The van der Waals surface area contributed by atoms with Gasteiger partial charge in [0, 0.05) is 21.5 Å². The first kappa shape index (κ1) is 22.4. The molecule has 8 rings (SSSR count). The van der Waals surface area contributed by atoms with Crippen LogP contribution in [0.25, 0.3) is 77.3 Å². The number of nitriles is 1. The largest absolute Gasteiger partial charge is 0.456 e. The molecule has 0 fully saturated rings. The molecule has 2 aromatic heterocycles. The second-order valence-corrected chi connectivity index (χ2v) is 10.1. The summed E-state index contributed by atoms with van der Waals surface area (Å²) in [5, 5.41) is 14.0.